The molecule has 0 saturated carbocycles. The molecule has 0 aliphatic rings. The molecule has 0 aliphatic carbocycles. The minimum absolute atomic E-state index is 0.887. The van der Waals surface area contributed by atoms with E-state index in [9.17, 15) is 0 Å². The van der Waals surface area contributed by atoms with Crippen LogP contribution in [0.3, 0.4) is 0 Å². The van der Waals surface area contributed by atoms with E-state index in [1.807, 2.05) is 0 Å². The highest BCUT2D eigenvalue weighted by molar-refractivity contribution is 6.49. The highest BCUT2D eigenvalue weighted by Crippen LogP contribution is 2.24. The van der Waals surface area contributed by atoms with Crippen molar-refractivity contribution in [2.24, 2.45) is 9.98 Å². The highest BCUT2D eigenvalue weighted by atomic mass is 14.8. The Morgan fingerprint density at radius 2 is 0.489 bits per heavy atom. The van der Waals surface area contributed by atoms with Gasteiger partial charge in [0, 0.05) is 6.42 Å². The average Bonchev–Trinajstić information content (AvgIpc) is 3.40. The van der Waals surface area contributed by atoms with Gasteiger partial charge in [-0.1, -0.05) is 443 Å². The van der Waals surface area contributed by atoms with Crippen LogP contribution >= 0.6 is 0 Å². The van der Waals surface area contributed by atoms with Crippen molar-refractivity contribution in [3.63, 3.8) is 0 Å². The molecule has 0 fully saturated rings. The summed E-state index contributed by atoms with van der Waals surface area (Å²) in [6.07, 6.45) is 94.5. The second kappa shape index (κ2) is 69.2. The standard InChI is InChI=1S/C88H156N2/c1-5-9-13-16-19-22-25-28-31-34-37-40-41-42-43-46-49-52-55-58-61-64-67-70-80-88(90-86-78-72-76-84(82-86)74-69-66-63-60-57-54-51-48-45-39-36-33-30-27-24-21-18-15-11-7-3)87(79-12-8-4)89-85-77-71-75-83(81-85)73-68-65-62-59-56-53-50-47-44-38-35-32-29-26-23-20-17-14-10-6-2/h71-72,75-78,81-82H,5-69,73-74,79H2,1-4H3. The summed E-state index contributed by atoms with van der Waals surface area (Å²) < 4.78 is 0. The first kappa shape index (κ1) is 83.4. The van der Waals surface area contributed by atoms with Gasteiger partial charge in [0.25, 0.3) is 0 Å². The quantitative estimate of drug-likeness (QED) is 0.0358. The van der Waals surface area contributed by atoms with Crippen LogP contribution in [0.1, 0.15) is 463 Å². The molecule has 2 heteroatoms. The van der Waals surface area contributed by atoms with Gasteiger partial charge in [-0.15, -0.1) is 0 Å². The summed E-state index contributed by atoms with van der Waals surface area (Å²) in [4.78, 5) is 10.8. The molecule has 518 valence electrons. The van der Waals surface area contributed by atoms with Gasteiger partial charge in [0.2, 0.25) is 0 Å². The first-order valence-corrected chi connectivity index (χ1v) is 41.5. The van der Waals surface area contributed by atoms with Gasteiger partial charge >= 0.3 is 0 Å². The Balaban J connectivity index is 1.83. The van der Waals surface area contributed by atoms with E-state index in [-0.39, 0.29) is 0 Å². The molecule has 0 unspecified atom stereocenters. The molecule has 90 heavy (non-hydrogen) atoms. The topological polar surface area (TPSA) is 24.7 Å². The molecular formula is C88H156N2. The number of aryl methyl sites for hydroxylation is 2. The Hall–Kier alpha value is -2.66. The van der Waals surface area contributed by atoms with Crippen LogP contribution in [-0.4, -0.2) is 11.4 Å². The monoisotopic (exact) mass is 1240 g/mol. The number of rotatable bonds is 70. The molecule has 2 rings (SSSR count). The van der Waals surface area contributed by atoms with E-state index >= 15 is 0 Å². The number of hydrogen-bond donors (Lipinski definition) is 0. The van der Waals surface area contributed by atoms with Crippen LogP contribution in [0.4, 0.5) is 11.4 Å². The van der Waals surface area contributed by atoms with E-state index in [2.05, 4.69) is 88.1 Å². The van der Waals surface area contributed by atoms with Crippen molar-refractivity contribution >= 4 is 22.8 Å². The summed E-state index contributed by atoms with van der Waals surface area (Å²) >= 11 is 0. The molecule has 2 nitrogen and oxygen atoms in total. The van der Waals surface area contributed by atoms with Gasteiger partial charge in [0.1, 0.15) is 5.71 Å². The first-order chi connectivity index (χ1) is 44.7. The lowest BCUT2D eigenvalue weighted by Crippen LogP contribution is -2.12. The predicted molar refractivity (Wildman–Crippen MR) is 410 cm³/mol. The summed E-state index contributed by atoms with van der Waals surface area (Å²) in [5.74, 6) is 7.31. The Bertz CT molecular complexity index is 1890. The lowest BCUT2D eigenvalue weighted by Gasteiger charge is -2.09. The number of unbranched alkanes of at least 4 members (excludes halogenated alkanes) is 61. The lowest BCUT2D eigenvalue weighted by atomic mass is 10.0. The van der Waals surface area contributed by atoms with Crippen LogP contribution in [0.25, 0.3) is 0 Å². The smallest absolute Gasteiger partial charge is 0.135 e. The van der Waals surface area contributed by atoms with Crippen LogP contribution in [0, 0.1) is 11.8 Å². The van der Waals surface area contributed by atoms with Gasteiger partial charge in [-0.25, -0.2) is 4.99 Å². The van der Waals surface area contributed by atoms with Crippen molar-refractivity contribution in [1.82, 2.24) is 0 Å². The van der Waals surface area contributed by atoms with E-state index in [1.165, 1.54) is 409 Å². The molecular weight excluding hydrogens is 1080 g/mol. The summed E-state index contributed by atoms with van der Waals surface area (Å²) in [5, 5.41) is 0. The minimum Gasteiger partial charge on any atom is -0.251 e. The zero-order chi connectivity index (χ0) is 64.0. The van der Waals surface area contributed by atoms with Crippen LogP contribution in [0.2, 0.25) is 0 Å². The van der Waals surface area contributed by atoms with Crippen molar-refractivity contribution in [1.29, 1.82) is 0 Å². The van der Waals surface area contributed by atoms with E-state index < -0.39 is 0 Å². The summed E-state index contributed by atoms with van der Waals surface area (Å²) in [7, 11) is 0. The largest absolute Gasteiger partial charge is 0.251 e. The number of nitrogens with zero attached hydrogens (tertiary/aromatic N) is 2. The molecule has 2 aromatic rings. The van der Waals surface area contributed by atoms with Crippen molar-refractivity contribution in [3.8, 4) is 11.8 Å². The molecule has 0 N–H and O–H groups in total. The third-order valence-corrected chi connectivity index (χ3v) is 19.9. The molecule has 0 bridgehead atoms. The minimum atomic E-state index is 0.887. The Morgan fingerprint density at radius 1 is 0.256 bits per heavy atom. The van der Waals surface area contributed by atoms with Gasteiger partial charge in [-0.05, 0) is 86.3 Å². The first-order valence-electron chi connectivity index (χ1n) is 41.5. The molecule has 0 spiro atoms. The molecule has 0 aromatic heterocycles. The molecule has 0 amide bonds. The van der Waals surface area contributed by atoms with Crippen LogP contribution in [0.5, 0.6) is 0 Å². The van der Waals surface area contributed by atoms with Crippen LogP contribution < -0.4 is 0 Å². The van der Waals surface area contributed by atoms with Gasteiger partial charge in [0.05, 0.1) is 17.1 Å². The third kappa shape index (κ3) is 56.8. The fourth-order valence-corrected chi connectivity index (χ4v) is 13.7. The maximum atomic E-state index is 5.44. The van der Waals surface area contributed by atoms with Crippen molar-refractivity contribution in [2.45, 2.75) is 464 Å². The highest BCUT2D eigenvalue weighted by Gasteiger charge is 2.10. The van der Waals surface area contributed by atoms with Gasteiger partial charge in [-0.2, -0.15) is 0 Å². The zero-order valence-corrected chi connectivity index (χ0v) is 61.6. The maximum Gasteiger partial charge on any atom is 0.135 e. The fourth-order valence-electron chi connectivity index (χ4n) is 13.7. The normalized spacial score (nSPS) is 12.0. The van der Waals surface area contributed by atoms with Gasteiger partial charge in [0.15, 0.2) is 0 Å². The summed E-state index contributed by atoms with van der Waals surface area (Å²) in [6, 6.07) is 18.2. The summed E-state index contributed by atoms with van der Waals surface area (Å²) in [6.45, 7) is 9.24. The van der Waals surface area contributed by atoms with E-state index in [4.69, 9.17) is 9.98 Å². The molecule has 0 heterocycles. The predicted octanol–water partition coefficient (Wildman–Crippen LogP) is 31.4. The Morgan fingerprint density at radius 3 is 0.756 bits per heavy atom. The molecule has 2 aromatic carbocycles. The van der Waals surface area contributed by atoms with Gasteiger partial charge in [-0.3, -0.25) is 4.99 Å². The van der Waals surface area contributed by atoms with E-state index in [0.717, 1.165) is 61.3 Å². The fraction of sp³-hybridized carbons (Fsp3) is 0.818. The Labute approximate surface area is 565 Å². The second-order valence-electron chi connectivity index (χ2n) is 28.9. The van der Waals surface area contributed by atoms with Crippen molar-refractivity contribution in [2.75, 3.05) is 0 Å². The number of benzene rings is 2. The van der Waals surface area contributed by atoms with Gasteiger partial charge < -0.3 is 0 Å². The molecule has 0 radical (unpaired) electrons. The lowest BCUT2D eigenvalue weighted by molar-refractivity contribution is 0.519. The third-order valence-electron chi connectivity index (χ3n) is 19.9. The van der Waals surface area contributed by atoms with Crippen LogP contribution in [0.15, 0.2) is 58.5 Å². The number of hydrogen-bond acceptors (Lipinski definition) is 2. The zero-order valence-electron chi connectivity index (χ0n) is 61.6. The molecule has 0 atom stereocenters. The van der Waals surface area contributed by atoms with Crippen molar-refractivity contribution < 1.29 is 0 Å². The van der Waals surface area contributed by atoms with Crippen molar-refractivity contribution in [3.05, 3.63) is 59.7 Å². The molecule has 0 aliphatic heterocycles. The van der Waals surface area contributed by atoms with Crippen LogP contribution in [-0.2, 0) is 12.8 Å². The summed E-state index contributed by atoms with van der Waals surface area (Å²) in [5.41, 5.74) is 6.87. The van der Waals surface area contributed by atoms with E-state index in [1.54, 1.807) is 0 Å². The second-order valence-corrected chi connectivity index (χ2v) is 28.9. The SMILES string of the molecule is CCCCCCCCCCCCCCCCCCCCCCCCC#CC(=Nc1cccc(CCCCCCCCCCCCCCCCCCCCCC)c1)C(CCCC)=Nc1cccc(CCCCCCCCCCCCCCCCCCCCCC)c1. The number of aliphatic imine (C=N–C) groups is 2. The Kier molecular flexibility index (Phi) is 64.1. The van der Waals surface area contributed by atoms with E-state index in [0.29, 0.717) is 0 Å². The maximum absolute atomic E-state index is 5.44. The molecule has 0 saturated heterocycles. The average molecular weight is 1240 g/mol.